The summed E-state index contributed by atoms with van der Waals surface area (Å²) in [4.78, 5) is 29.9. The average Bonchev–Trinajstić information content (AvgIpc) is 3.01. The van der Waals surface area contributed by atoms with Crippen molar-refractivity contribution in [3.63, 3.8) is 0 Å². The summed E-state index contributed by atoms with van der Waals surface area (Å²) in [5.74, 6) is -0.707. The van der Waals surface area contributed by atoms with E-state index in [4.69, 9.17) is 9.72 Å². The van der Waals surface area contributed by atoms with Gasteiger partial charge in [0, 0.05) is 16.5 Å². The van der Waals surface area contributed by atoms with Gasteiger partial charge in [0.1, 0.15) is 6.61 Å². The van der Waals surface area contributed by atoms with Crippen molar-refractivity contribution in [3.8, 4) is 11.4 Å². The molecular formula is C20H19N3O4. The molecule has 0 saturated heterocycles. The number of rotatable bonds is 1. The van der Waals surface area contributed by atoms with E-state index in [9.17, 15) is 14.7 Å². The van der Waals surface area contributed by atoms with Crippen LogP contribution in [-0.2, 0) is 28.3 Å². The third kappa shape index (κ3) is 2.19. The lowest BCUT2D eigenvalue weighted by molar-refractivity contribution is -0.172. The zero-order valence-corrected chi connectivity index (χ0v) is 14.9. The van der Waals surface area contributed by atoms with Gasteiger partial charge >= 0.3 is 5.97 Å². The van der Waals surface area contributed by atoms with Gasteiger partial charge in [0.05, 0.1) is 29.0 Å². The van der Waals surface area contributed by atoms with E-state index in [1.165, 1.54) is 0 Å². The monoisotopic (exact) mass is 365 g/mol. The normalized spacial score (nSPS) is 19.7. The number of carbonyl (C=O) groups excluding carboxylic acids is 1. The Morgan fingerprint density at radius 2 is 2.04 bits per heavy atom. The van der Waals surface area contributed by atoms with Crippen LogP contribution < -0.4 is 11.7 Å². The molecular weight excluding hydrogens is 346 g/mol. The van der Waals surface area contributed by atoms with Gasteiger partial charge in [0.15, 0.2) is 5.60 Å². The highest BCUT2D eigenvalue weighted by atomic mass is 16.6. The molecule has 1 atom stereocenters. The SMILES string of the molecule is CC[C@@]1(O)C(=O)OCc2c1cc1n(c2=O)Cc2cc3ccccc3nc2-1.N. The molecule has 7 heteroatoms. The van der Waals surface area contributed by atoms with Crippen molar-refractivity contribution in [2.24, 2.45) is 0 Å². The van der Waals surface area contributed by atoms with Gasteiger partial charge in [-0.1, -0.05) is 25.1 Å². The van der Waals surface area contributed by atoms with Gasteiger partial charge in [-0.15, -0.1) is 0 Å². The molecule has 138 valence electrons. The van der Waals surface area contributed by atoms with Crippen LogP contribution in [0, 0.1) is 0 Å². The minimum Gasteiger partial charge on any atom is -0.458 e. The molecule has 0 fully saturated rings. The van der Waals surface area contributed by atoms with Crippen LogP contribution in [-0.4, -0.2) is 20.6 Å². The van der Waals surface area contributed by atoms with Crippen molar-refractivity contribution in [2.45, 2.75) is 32.1 Å². The third-order valence-corrected chi connectivity index (χ3v) is 5.42. The largest absolute Gasteiger partial charge is 0.458 e. The van der Waals surface area contributed by atoms with Crippen LogP contribution in [0.25, 0.3) is 22.3 Å². The maximum Gasteiger partial charge on any atom is 0.343 e. The molecule has 7 nitrogen and oxygen atoms in total. The number of hydrogen-bond donors (Lipinski definition) is 2. The van der Waals surface area contributed by atoms with Gasteiger partial charge in [-0.05, 0) is 24.6 Å². The van der Waals surface area contributed by atoms with E-state index in [1.807, 2.05) is 30.3 Å². The lowest BCUT2D eigenvalue weighted by atomic mass is 9.86. The van der Waals surface area contributed by atoms with Gasteiger partial charge in [0.2, 0.25) is 0 Å². The number of benzene rings is 1. The Balaban J connectivity index is 0.00000180. The second-order valence-electron chi connectivity index (χ2n) is 6.79. The van der Waals surface area contributed by atoms with E-state index in [-0.39, 0.29) is 24.7 Å². The summed E-state index contributed by atoms with van der Waals surface area (Å²) in [6.45, 7) is 2.01. The average molecular weight is 365 g/mol. The molecule has 0 radical (unpaired) electrons. The van der Waals surface area contributed by atoms with Gasteiger partial charge in [-0.3, -0.25) is 4.79 Å². The summed E-state index contributed by atoms with van der Waals surface area (Å²) in [6, 6.07) is 11.6. The molecule has 27 heavy (non-hydrogen) atoms. The first-order valence-corrected chi connectivity index (χ1v) is 8.59. The van der Waals surface area contributed by atoms with E-state index in [0.29, 0.717) is 23.4 Å². The zero-order chi connectivity index (χ0) is 18.1. The Bertz CT molecular complexity index is 1170. The summed E-state index contributed by atoms with van der Waals surface area (Å²) in [5, 5.41) is 11.8. The first kappa shape index (κ1) is 17.4. The van der Waals surface area contributed by atoms with E-state index in [2.05, 4.69) is 0 Å². The number of carbonyl (C=O) groups is 1. The lowest BCUT2D eigenvalue weighted by Crippen LogP contribution is -2.44. The van der Waals surface area contributed by atoms with E-state index >= 15 is 0 Å². The number of pyridine rings is 2. The number of para-hydroxylation sites is 1. The van der Waals surface area contributed by atoms with Crippen LogP contribution in [0.4, 0.5) is 0 Å². The molecule has 2 aliphatic heterocycles. The van der Waals surface area contributed by atoms with Crippen molar-refractivity contribution in [2.75, 3.05) is 0 Å². The summed E-state index contributed by atoms with van der Waals surface area (Å²) in [7, 11) is 0. The minimum absolute atomic E-state index is 0. The van der Waals surface area contributed by atoms with Crippen LogP contribution >= 0.6 is 0 Å². The quantitative estimate of drug-likeness (QED) is 0.500. The second kappa shape index (κ2) is 5.73. The smallest absolute Gasteiger partial charge is 0.343 e. The first-order valence-electron chi connectivity index (χ1n) is 8.59. The molecule has 3 aromatic rings. The third-order valence-electron chi connectivity index (χ3n) is 5.42. The predicted molar refractivity (Wildman–Crippen MR) is 99.5 cm³/mol. The Morgan fingerprint density at radius 1 is 1.26 bits per heavy atom. The van der Waals surface area contributed by atoms with E-state index < -0.39 is 11.6 Å². The Kier molecular flexibility index (Phi) is 3.69. The van der Waals surface area contributed by atoms with Crippen molar-refractivity contribution in [3.05, 3.63) is 63.4 Å². The van der Waals surface area contributed by atoms with Crippen LogP contribution in [0.2, 0.25) is 0 Å². The predicted octanol–water partition coefficient (Wildman–Crippen LogP) is 2.24. The topological polar surface area (TPSA) is 116 Å². The van der Waals surface area contributed by atoms with Crippen LogP contribution in [0.5, 0.6) is 0 Å². The maximum atomic E-state index is 13.0. The number of nitrogens with zero attached hydrogens (tertiary/aromatic N) is 2. The van der Waals surface area contributed by atoms with Crippen LogP contribution in [0.1, 0.15) is 30.0 Å². The first-order chi connectivity index (χ1) is 12.5. The number of aromatic nitrogens is 2. The highest BCUT2D eigenvalue weighted by Gasteiger charge is 2.45. The van der Waals surface area contributed by atoms with Crippen LogP contribution in [0.15, 0.2) is 41.2 Å². The number of aliphatic hydroxyl groups is 1. The van der Waals surface area contributed by atoms with Gasteiger partial charge in [0.25, 0.3) is 5.56 Å². The molecule has 0 aliphatic carbocycles. The fourth-order valence-corrected chi connectivity index (χ4v) is 3.93. The molecule has 0 saturated carbocycles. The minimum atomic E-state index is -1.79. The fourth-order valence-electron chi connectivity index (χ4n) is 3.93. The highest BCUT2D eigenvalue weighted by molar-refractivity contribution is 5.86. The van der Waals surface area contributed by atoms with Gasteiger partial charge in [-0.25, -0.2) is 9.78 Å². The molecule has 0 amide bonds. The van der Waals surface area contributed by atoms with Gasteiger partial charge < -0.3 is 20.6 Å². The lowest BCUT2D eigenvalue weighted by Gasteiger charge is -2.31. The summed E-state index contributed by atoms with van der Waals surface area (Å²) < 4.78 is 6.72. The standard InChI is InChI=1S/C20H16N2O4.H3N/c1-2-20(25)14-8-16-17-12(7-11-5-3-4-6-15(11)21-17)9-22(16)18(23)13(14)10-26-19(20)24;/h3-8,25H,2,9-10H2,1H3;1H3/t20-;/m0./s1. The molecule has 2 aliphatic rings. The molecule has 0 unspecified atom stereocenters. The second-order valence-corrected chi connectivity index (χ2v) is 6.79. The molecule has 5 rings (SSSR count). The van der Waals surface area contributed by atoms with Gasteiger partial charge in [-0.2, -0.15) is 0 Å². The summed E-state index contributed by atoms with van der Waals surface area (Å²) in [5.41, 5.74) is 1.81. The molecule has 2 aromatic heterocycles. The Labute approximate surface area is 154 Å². The number of ether oxygens (including phenoxy) is 1. The summed E-state index contributed by atoms with van der Waals surface area (Å²) in [6.07, 6.45) is 0.139. The van der Waals surface area contributed by atoms with Crippen molar-refractivity contribution in [1.29, 1.82) is 0 Å². The zero-order valence-electron chi connectivity index (χ0n) is 14.9. The number of fused-ring (bicyclic) bond motifs is 5. The number of esters is 1. The summed E-state index contributed by atoms with van der Waals surface area (Å²) >= 11 is 0. The molecule has 4 N–H and O–H groups in total. The molecule has 0 bridgehead atoms. The Hall–Kier alpha value is -3.03. The van der Waals surface area contributed by atoms with Crippen molar-refractivity contribution >= 4 is 16.9 Å². The number of cyclic esters (lactones) is 1. The fraction of sp³-hybridized carbons (Fsp3) is 0.250. The van der Waals surface area contributed by atoms with E-state index in [1.54, 1.807) is 17.6 Å². The van der Waals surface area contributed by atoms with Crippen molar-refractivity contribution in [1.82, 2.24) is 15.7 Å². The van der Waals surface area contributed by atoms with Crippen LogP contribution in [0.3, 0.4) is 0 Å². The number of hydrogen-bond acceptors (Lipinski definition) is 6. The maximum absolute atomic E-state index is 13.0. The Morgan fingerprint density at radius 3 is 2.81 bits per heavy atom. The molecule has 1 aromatic carbocycles. The molecule has 4 heterocycles. The van der Waals surface area contributed by atoms with Crippen molar-refractivity contribution < 1.29 is 14.6 Å². The molecule has 0 spiro atoms. The van der Waals surface area contributed by atoms with E-state index in [0.717, 1.165) is 22.2 Å². The highest BCUT2D eigenvalue weighted by Crippen LogP contribution is 2.38.